The number of nitrogens with one attached hydrogen (secondary N) is 2. The smallest absolute Gasteiger partial charge is 0.265 e. The topological polar surface area (TPSA) is 71.1 Å². The lowest BCUT2D eigenvalue weighted by molar-refractivity contribution is -0.113. The molecule has 0 spiro atoms. The van der Waals surface area contributed by atoms with Crippen LogP contribution in [-0.4, -0.2) is 22.6 Å². The van der Waals surface area contributed by atoms with Crippen molar-refractivity contribution in [2.24, 2.45) is 0 Å². The number of amides is 2. The van der Waals surface area contributed by atoms with Crippen LogP contribution in [0.1, 0.15) is 15.2 Å². The van der Waals surface area contributed by atoms with Gasteiger partial charge in [0.2, 0.25) is 5.91 Å². The standard InChI is InChI=1S/C23H19N3O2S3/c1-15-4-6-16(7-5-15)19-13-31-23(25-19)26-21(27)14-30-18-10-8-17(9-11-18)24-22(28)20-3-2-12-29-20/h2-13H,14H2,1H3,(H,24,28)(H,25,26,27). The fourth-order valence-electron chi connectivity index (χ4n) is 2.73. The van der Waals surface area contributed by atoms with Gasteiger partial charge in [0.1, 0.15) is 0 Å². The molecule has 2 aromatic carbocycles. The molecule has 0 atom stereocenters. The van der Waals surface area contributed by atoms with Crippen molar-refractivity contribution in [3.05, 3.63) is 81.9 Å². The first kappa shape index (κ1) is 21.3. The van der Waals surface area contributed by atoms with Crippen molar-refractivity contribution in [2.75, 3.05) is 16.4 Å². The number of carbonyl (C=O) groups is 2. The van der Waals surface area contributed by atoms with E-state index < -0.39 is 0 Å². The zero-order valence-corrected chi connectivity index (χ0v) is 19.1. The largest absolute Gasteiger partial charge is 0.321 e. The van der Waals surface area contributed by atoms with Gasteiger partial charge in [-0.3, -0.25) is 9.59 Å². The summed E-state index contributed by atoms with van der Waals surface area (Å²) >= 11 is 4.25. The van der Waals surface area contributed by atoms with Crippen molar-refractivity contribution < 1.29 is 9.59 Å². The van der Waals surface area contributed by atoms with E-state index in [1.165, 1.54) is 40.0 Å². The Kier molecular flexibility index (Phi) is 6.81. The van der Waals surface area contributed by atoms with Crippen LogP contribution in [0.2, 0.25) is 0 Å². The van der Waals surface area contributed by atoms with Crippen LogP contribution in [0.5, 0.6) is 0 Å². The van der Waals surface area contributed by atoms with Crippen LogP contribution in [0.25, 0.3) is 11.3 Å². The molecule has 156 valence electrons. The lowest BCUT2D eigenvalue weighted by Gasteiger charge is -2.06. The maximum atomic E-state index is 12.3. The molecule has 0 aliphatic carbocycles. The van der Waals surface area contributed by atoms with Crippen molar-refractivity contribution in [1.82, 2.24) is 4.98 Å². The van der Waals surface area contributed by atoms with Crippen LogP contribution in [0.4, 0.5) is 10.8 Å². The average molecular weight is 466 g/mol. The molecule has 8 heteroatoms. The number of aryl methyl sites for hydroxylation is 1. The van der Waals surface area contributed by atoms with Gasteiger partial charge in [0.15, 0.2) is 5.13 Å². The van der Waals surface area contributed by atoms with Gasteiger partial charge in [-0.25, -0.2) is 4.98 Å². The van der Waals surface area contributed by atoms with Crippen LogP contribution in [-0.2, 0) is 4.79 Å². The van der Waals surface area contributed by atoms with E-state index in [0.717, 1.165) is 21.8 Å². The third-order valence-corrected chi connectivity index (χ3v) is 6.96. The van der Waals surface area contributed by atoms with Crippen molar-refractivity contribution in [3.8, 4) is 11.3 Å². The molecule has 4 rings (SSSR count). The number of thiophene rings is 1. The van der Waals surface area contributed by atoms with Crippen molar-refractivity contribution in [3.63, 3.8) is 0 Å². The molecule has 4 aromatic rings. The molecule has 0 unspecified atom stereocenters. The normalized spacial score (nSPS) is 10.6. The molecule has 2 heterocycles. The second-order valence-corrected chi connectivity index (χ2v) is 9.55. The lowest BCUT2D eigenvalue weighted by Crippen LogP contribution is -2.13. The Balaban J connectivity index is 1.27. The van der Waals surface area contributed by atoms with Crippen LogP contribution in [0.3, 0.4) is 0 Å². The predicted octanol–water partition coefficient (Wildman–Crippen LogP) is 6.16. The zero-order chi connectivity index (χ0) is 21.6. The minimum Gasteiger partial charge on any atom is -0.321 e. The molecule has 5 nitrogen and oxygen atoms in total. The number of benzene rings is 2. The minimum atomic E-state index is -0.122. The second kappa shape index (κ2) is 9.91. The molecule has 0 radical (unpaired) electrons. The van der Waals surface area contributed by atoms with Gasteiger partial charge in [0.25, 0.3) is 5.91 Å². The average Bonchev–Trinajstić information content (AvgIpc) is 3.46. The monoisotopic (exact) mass is 465 g/mol. The molecule has 0 aliphatic rings. The Labute approximate surface area is 192 Å². The Bertz CT molecular complexity index is 1170. The van der Waals surface area contributed by atoms with E-state index in [0.29, 0.717) is 10.0 Å². The van der Waals surface area contributed by atoms with E-state index >= 15 is 0 Å². The van der Waals surface area contributed by atoms with Crippen molar-refractivity contribution in [1.29, 1.82) is 0 Å². The summed E-state index contributed by atoms with van der Waals surface area (Å²) in [6.07, 6.45) is 0. The summed E-state index contributed by atoms with van der Waals surface area (Å²) in [6, 6.07) is 19.2. The van der Waals surface area contributed by atoms with Gasteiger partial charge in [-0.15, -0.1) is 34.4 Å². The quantitative estimate of drug-likeness (QED) is 0.321. The van der Waals surface area contributed by atoms with Gasteiger partial charge in [-0.05, 0) is 42.6 Å². The number of rotatable bonds is 7. The number of hydrogen-bond donors (Lipinski definition) is 2. The molecule has 0 saturated carbocycles. The van der Waals surface area contributed by atoms with Crippen molar-refractivity contribution in [2.45, 2.75) is 11.8 Å². The lowest BCUT2D eigenvalue weighted by atomic mass is 10.1. The maximum absolute atomic E-state index is 12.3. The summed E-state index contributed by atoms with van der Waals surface area (Å²) in [5.41, 5.74) is 3.80. The summed E-state index contributed by atoms with van der Waals surface area (Å²) in [6.45, 7) is 2.04. The van der Waals surface area contributed by atoms with Crippen molar-refractivity contribution >= 4 is 57.1 Å². The van der Waals surface area contributed by atoms with E-state index in [9.17, 15) is 9.59 Å². The number of anilines is 2. The molecule has 0 aliphatic heterocycles. The molecule has 0 fully saturated rings. The molecule has 2 aromatic heterocycles. The van der Waals surface area contributed by atoms with Gasteiger partial charge in [0, 0.05) is 21.5 Å². The van der Waals surface area contributed by atoms with Gasteiger partial charge >= 0.3 is 0 Å². The highest BCUT2D eigenvalue weighted by molar-refractivity contribution is 8.00. The summed E-state index contributed by atoms with van der Waals surface area (Å²) in [4.78, 5) is 30.5. The van der Waals surface area contributed by atoms with Crippen LogP contribution >= 0.6 is 34.4 Å². The number of hydrogen-bond acceptors (Lipinski definition) is 6. The Morgan fingerprint density at radius 3 is 2.45 bits per heavy atom. The fourth-order valence-corrected chi connectivity index (χ4v) is 4.78. The predicted molar refractivity (Wildman–Crippen MR) is 130 cm³/mol. The molecule has 2 amide bonds. The SMILES string of the molecule is Cc1ccc(-c2csc(NC(=O)CSc3ccc(NC(=O)c4cccs4)cc3)n2)cc1. The first-order valence-corrected chi connectivity index (χ1v) is 12.2. The van der Waals surface area contributed by atoms with Crippen LogP contribution in [0, 0.1) is 6.92 Å². The fraction of sp³-hybridized carbons (Fsp3) is 0.0870. The summed E-state index contributed by atoms with van der Waals surface area (Å²) in [5, 5.41) is 10.1. The summed E-state index contributed by atoms with van der Waals surface area (Å²) in [7, 11) is 0. The number of thiazole rings is 1. The van der Waals surface area contributed by atoms with Crippen LogP contribution in [0.15, 0.2) is 76.3 Å². The Hall–Kier alpha value is -2.94. The molecular formula is C23H19N3O2S3. The zero-order valence-electron chi connectivity index (χ0n) is 16.6. The second-order valence-electron chi connectivity index (χ2n) is 6.70. The van der Waals surface area contributed by atoms with E-state index in [2.05, 4.69) is 15.6 Å². The molecular weight excluding hydrogens is 446 g/mol. The highest BCUT2D eigenvalue weighted by Gasteiger charge is 2.10. The van der Waals surface area contributed by atoms with E-state index in [1.54, 1.807) is 6.07 Å². The molecule has 0 saturated heterocycles. The highest BCUT2D eigenvalue weighted by atomic mass is 32.2. The van der Waals surface area contributed by atoms with Gasteiger partial charge in [0.05, 0.1) is 16.3 Å². The van der Waals surface area contributed by atoms with Crippen LogP contribution < -0.4 is 10.6 Å². The van der Waals surface area contributed by atoms with Gasteiger partial charge in [-0.1, -0.05) is 35.9 Å². The van der Waals surface area contributed by atoms with E-state index in [4.69, 9.17) is 0 Å². The molecule has 2 N–H and O–H groups in total. The number of aromatic nitrogens is 1. The van der Waals surface area contributed by atoms with Gasteiger partial charge in [-0.2, -0.15) is 0 Å². The summed E-state index contributed by atoms with van der Waals surface area (Å²) < 4.78 is 0. The van der Waals surface area contributed by atoms with E-state index in [-0.39, 0.29) is 17.6 Å². The molecule has 0 bridgehead atoms. The van der Waals surface area contributed by atoms with E-state index in [1.807, 2.05) is 72.3 Å². The third kappa shape index (κ3) is 5.81. The Morgan fingerprint density at radius 2 is 1.74 bits per heavy atom. The molecule has 31 heavy (non-hydrogen) atoms. The number of nitrogens with zero attached hydrogens (tertiary/aromatic N) is 1. The Morgan fingerprint density at radius 1 is 0.968 bits per heavy atom. The number of thioether (sulfide) groups is 1. The highest BCUT2D eigenvalue weighted by Crippen LogP contribution is 2.26. The van der Waals surface area contributed by atoms with Gasteiger partial charge < -0.3 is 10.6 Å². The first-order valence-electron chi connectivity index (χ1n) is 9.47. The number of carbonyl (C=O) groups excluding carboxylic acids is 2. The first-order chi connectivity index (χ1) is 15.1. The third-order valence-electron chi connectivity index (χ3n) is 4.32. The summed E-state index contributed by atoms with van der Waals surface area (Å²) in [5.74, 6) is 0.0495. The maximum Gasteiger partial charge on any atom is 0.265 e. The minimum absolute atomic E-state index is 0.107.